The van der Waals surface area contributed by atoms with E-state index in [-0.39, 0.29) is 18.2 Å². The van der Waals surface area contributed by atoms with E-state index in [9.17, 15) is 9.90 Å². The molecule has 0 saturated heterocycles. The summed E-state index contributed by atoms with van der Waals surface area (Å²) < 4.78 is 12.9. The molecule has 0 saturated carbocycles. The Morgan fingerprint density at radius 3 is 2.39 bits per heavy atom. The van der Waals surface area contributed by atoms with Gasteiger partial charge in [0.05, 0.1) is 12.1 Å². The van der Waals surface area contributed by atoms with Gasteiger partial charge in [0.1, 0.15) is 18.1 Å². The van der Waals surface area contributed by atoms with Crippen LogP contribution in [0.2, 0.25) is 5.02 Å². The lowest BCUT2D eigenvalue weighted by Gasteiger charge is -2.09. The van der Waals surface area contributed by atoms with E-state index in [1.807, 2.05) is 43.3 Å². The summed E-state index contributed by atoms with van der Waals surface area (Å²) in [6.07, 6.45) is 0. The molecule has 0 aliphatic heterocycles. The number of aryl methyl sites for hydroxylation is 1. The van der Waals surface area contributed by atoms with Gasteiger partial charge < -0.3 is 19.1 Å². The van der Waals surface area contributed by atoms with Crippen LogP contribution < -0.4 is 9.47 Å². The number of hydrogen-bond acceptors (Lipinski definition) is 5. The minimum Gasteiger partial charge on any atom is -0.493 e. The van der Waals surface area contributed by atoms with Crippen LogP contribution in [0.25, 0.3) is 10.9 Å². The van der Waals surface area contributed by atoms with Gasteiger partial charge in [0.2, 0.25) is 5.88 Å². The predicted molar refractivity (Wildman–Crippen MR) is 127 cm³/mol. The number of fused-ring (bicyclic) bond motifs is 1. The van der Waals surface area contributed by atoms with Crippen LogP contribution in [0.15, 0.2) is 83.0 Å². The molecule has 0 unspecified atom stereocenters. The van der Waals surface area contributed by atoms with Gasteiger partial charge in [-0.2, -0.15) is 0 Å². The number of nitrogens with zero attached hydrogens (tertiary/aromatic N) is 3. The van der Waals surface area contributed by atoms with Gasteiger partial charge in [-0.3, -0.25) is 4.79 Å². The second kappa shape index (κ2) is 10.2. The van der Waals surface area contributed by atoms with Gasteiger partial charge in [-0.1, -0.05) is 47.5 Å². The molecule has 3 aromatic carbocycles. The van der Waals surface area contributed by atoms with E-state index in [1.54, 1.807) is 41.0 Å². The van der Waals surface area contributed by atoms with Crippen LogP contribution in [0.5, 0.6) is 17.4 Å². The van der Waals surface area contributed by atoms with Crippen LogP contribution in [0.4, 0.5) is 5.69 Å². The molecule has 8 heteroatoms. The van der Waals surface area contributed by atoms with Crippen molar-refractivity contribution in [2.45, 2.75) is 13.5 Å². The summed E-state index contributed by atoms with van der Waals surface area (Å²) in [4.78, 5) is 12.2. The molecule has 7 nitrogen and oxygen atoms in total. The van der Waals surface area contributed by atoms with Gasteiger partial charge in [0.15, 0.2) is 12.3 Å². The molecule has 4 rings (SSSR count). The van der Waals surface area contributed by atoms with Crippen molar-refractivity contribution in [1.29, 1.82) is 0 Å². The largest absolute Gasteiger partial charge is 0.493 e. The molecule has 4 aromatic rings. The Labute approximate surface area is 195 Å². The maximum atomic E-state index is 12.2. The second-order valence-corrected chi connectivity index (χ2v) is 7.78. The van der Waals surface area contributed by atoms with Gasteiger partial charge in [0, 0.05) is 10.4 Å². The van der Waals surface area contributed by atoms with Crippen LogP contribution in [0.1, 0.15) is 5.56 Å². The fraction of sp³-hybridized carbons (Fsp3) is 0.160. The minimum atomic E-state index is -0.558. The maximum Gasteiger partial charge on any atom is 0.302 e. The summed E-state index contributed by atoms with van der Waals surface area (Å²) in [5, 5.41) is 19.9. The van der Waals surface area contributed by atoms with Crippen molar-refractivity contribution in [3.8, 4) is 17.4 Å². The van der Waals surface area contributed by atoms with Crippen LogP contribution >= 0.6 is 11.6 Å². The quantitative estimate of drug-likeness (QED) is 0.321. The highest BCUT2D eigenvalue weighted by atomic mass is 35.5. The van der Waals surface area contributed by atoms with E-state index in [0.717, 1.165) is 11.1 Å². The Kier molecular flexibility index (Phi) is 6.90. The van der Waals surface area contributed by atoms with Gasteiger partial charge in [-0.25, -0.2) is 0 Å². The van der Waals surface area contributed by atoms with E-state index < -0.39 is 5.91 Å². The highest BCUT2D eigenvalue weighted by molar-refractivity contribution is 6.30. The minimum absolute atomic E-state index is 0.0908. The molecule has 0 aliphatic rings. The maximum absolute atomic E-state index is 12.2. The van der Waals surface area contributed by atoms with E-state index >= 15 is 0 Å². The van der Waals surface area contributed by atoms with Crippen molar-refractivity contribution >= 4 is 34.1 Å². The Morgan fingerprint density at radius 1 is 0.970 bits per heavy atom. The lowest BCUT2D eigenvalue weighted by molar-refractivity contribution is -0.120. The summed E-state index contributed by atoms with van der Waals surface area (Å²) >= 11 is 5.90. The lowest BCUT2D eigenvalue weighted by Crippen LogP contribution is -2.08. The number of carbonyl (C=O) groups excluding carboxylic acids is 1. The first kappa shape index (κ1) is 22.4. The Morgan fingerprint density at radius 2 is 1.64 bits per heavy atom. The highest BCUT2D eigenvalue weighted by Gasteiger charge is 2.17. The van der Waals surface area contributed by atoms with Gasteiger partial charge in [-0.05, 0) is 49.4 Å². The Bertz CT molecular complexity index is 1280. The van der Waals surface area contributed by atoms with Crippen molar-refractivity contribution < 1.29 is 19.4 Å². The first-order chi connectivity index (χ1) is 16.0. The summed E-state index contributed by atoms with van der Waals surface area (Å²) in [5.41, 5.74) is 2.08. The van der Waals surface area contributed by atoms with E-state index in [2.05, 4.69) is 10.2 Å². The van der Waals surface area contributed by atoms with Crippen molar-refractivity contribution in [2.24, 2.45) is 10.2 Å². The van der Waals surface area contributed by atoms with Crippen molar-refractivity contribution in [3.05, 3.63) is 83.4 Å². The number of rotatable bonds is 8. The number of benzene rings is 3. The Balaban J connectivity index is 1.45. The highest BCUT2D eigenvalue weighted by Crippen LogP contribution is 2.38. The number of carbonyl (C=O) groups is 1. The third-order valence-corrected chi connectivity index (χ3v) is 5.21. The summed E-state index contributed by atoms with van der Waals surface area (Å²) in [7, 11) is 0. The number of para-hydroxylation sites is 1. The smallest absolute Gasteiger partial charge is 0.302 e. The van der Waals surface area contributed by atoms with Crippen LogP contribution in [-0.4, -0.2) is 28.8 Å². The van der Waals surface area contributed by atoms with Crippen LogP contribution in [-0.2, 0) is 11.3 Å². The van der Waals surface area contributed by atoms with E-state index in [0.29, 0.717) is 35.1 Å². The molecule has 0 aliphatic carbocycles. The van der Waals surface area contributed by atoms with Crippen molar-refractivity contribution in [1.82, 2.24) is 4.57 Å². The number of halogens is 1. The third-order valence-electron chi connectivity index (χ3n) is 4.96. The van der Waals surface area contributed by atoms with E-state index in [1.165, 1.54) is 0 Å². The molecular weight excluding hydrogens is 442 g/mol. The molecular formula is C25H22ClN3O4. The third kappa shape index (κ3) is 5.51. The van der Waals surface area contributed by atoms with Crippen LogP contribution in [0, 0.1) is 6.92 Å². The standard InChI is InChI=1S/C25H22ClN3O4/c1-17-6-10-20(11-7-17)33-16-23(30)27-28-24-21-4-2-3-5-22(21)29(25(24)31)14-15-32-19-12-8-18(26)9-13-19/h2-13,31H,14-16H2,1H3. The van der Waals surface area contributed by atoms with E-state index in [4.69, 9.17) is 21.1 Å². The Hall–Kier alpha value is -3.84. The molecule has 1 heterocycles. The number of azo groups is 1. The zero-order valence-corrected chi connectivity index (χ0v) is 18.7. The number of ether oxygens (including phenoxy) is 2. The topological polar surface area (TPSA) is 85.4 Å². The molecule has 0 fully saturated rings. The second-order valence-electron chi connectivity index (χ2n) is 7.34. The molecule has 0 bridgehead atoms. The molecule has 0 atom stereocenters. The fourth-order valence-electron chi connectivity index (χ4n) is 3.30. The predicted octanol–water partition coefficient (Wildman–Crippen LogP) is 6.08. The average molecular weight is 464 g/mol. The SMILES string of the molecule is Cc1ccc(OCC(=O)N=Nc2c(O)n(CCOc3ccc(Cl)cc3)c3ccccc23)cc1. The number of aromatic nitrogens is 1. The fourth-order valence-corrected chi connectivity index (χ4v) is 3.42. The molecule has 33 heavy (non-hydrogen) atoms. The molecule has 0 radical (unpaired) electrons. The molecule has 1 aromatic heterocycles. The first-order valence-electron chi connectivity index (χ1n) is 10.3. The summed E-state index contributed by atoms with van der Waals surface area (Å²) in [5.74, 6) is 0.600. The monoisotopic (exact) mass is 463 g/mol. The lowest BCUT2D eigenvalue weighted by atomic mass is 10.2. The van der Waals surface area contributed by atoms with Crippen molar-refractivity contribution in [2.75, 3.05) is 13.2 Å². The molecule has 0 spiro atoms. The first-order valence-corrected chi connectivity index (χ1v) is 10.7. The zero-order chi connectivity index (χ0) is 23.2. The van der Waals surface area contributed by atoms with Crippen LogP contribution in [0.3, 0.4) is 0 Å². The van der Waals surface area contributed by atoms with Gasteiger partial charge >= 0.3 is 5.91 Å². The molecule has 1 N–H and O–H groups in total. The number of hydrogen-bond donors (Lipinski definition) is 1. The van der Waals surface area contributed by atoms with Gasteiger partial charge in [0.25, 0.3) is 0 Å². The average Bonchev–Trinajstić information content (AvgIpc) is 3.09. The summed E-state index contributed by atoms with van der Waals surface area (Å²) in [6, 6.07) is 21.8. The van der Waals surface area contributed by atoms with Crippen molar-refractivity contribution in [3.63, 3.8) is 0 Å². The molecule has 168 valence electrons. The molecule has 1 amide bonds. The van der Waals surface area contributed by atoms with Gasteiger partial charge in [-0.15, -0.1) is 10.2 Å². The number of aromatic hydroxyl groups is 1. The summed E-state index contributed by atoms with van der Waals surface area (Å²) in [6.45, 7) is 2.40. The number of amides is 1. The normalized spacial score (nSPS) is 11.2. The zero-order valence-electron chi connectivity index (χ0n) is 17.9.